The Morgan fingerprint density at radius 3 is 2.90 bits per heavy atom. The number of anilines is 1. The van der Waals surface area contributed by atoms with Crippen molar-refractivity contribution >= 4 is 17.5 Å². The van der Waals surface area contributed by atoms with Crippen molar-refractivity contribution in [1.29, 1.82) is 0 Å². The number of carbonyl (C=O) groups is 1. The Morgan fingerprint density at radius 1 is 1.57 bits per heavy atom. The predicted octanol–water partition coefficient (Wildman–Crippen LogP) is 0.471. The fraction of sp³-hybridized carbons (Fsp3) is 0.273. The summed E-state index contributed by atoms with van der Waals surface area (Å²) in [6.07, 6.45) is 3.12. The second kappa shape index (κ2) is 5.94. The molecule has 2 aromatic rings. The van der Waals surface area contributed by atoms with Gasteiger partial charge in [-0.1, -0.05) is 0 Å². The zero-order chi connectivity index (χ0) is 15.4. The summed E-state index contributed by atoms with van der Waals surface area (Å²) < 4.78 is 1.73. The van der Waals surface area contributed by atoms with Crippen molar-refractivity contribution < 1.29 is 14.8 Å². The molecule has 10 heteroatoms. The van der Waals surface area contributed by atoms with Crippen LogP contribution in [0.25, 0.3) is 0 Å². The van der Waals surface area contributed by atoms with Crippen molar-refractivity contribution in [2.75, 3.05) is 11.9 Å². The van der Waals surface area contributed by atoms with Gasteiger partial charge < -0.3 is 15.0 Å². The number of aromatic carboxylic acids is 1. The molecule has 0 amide bonds. The summed E-state index contributed by atoms with van der Waals surface area (Å²) >= 11 is 0. The lowest BCUT2D eigenvalue weighted by atomic mass is 10.2. The molecule has 21 heavy (non-hydrogen) atoms. The maximum atomic E-state index is 10.9. The average molecular weight is 292 g/mol. The van der Waals surface area contributed by atoms with Gasteiger partial charge in [0.15, 0.2) is 0 Å². The Bertz CT molecular complexity index is 683. The van der Waals surface area contributed by atoms with Crippen LogP contribution in [0.4, 0.5) is 11.5 Å². The maximum absolute atomic E-state index is 10.9. The van der Waals surface area contributed by atoms with Gasteiger partial charge in [-0.25, -0.2) is 9.78 Å². The first-order valence-electron chi connectivity index (χ1n) is 5.93. The minimum absolute atomic E-state index is 0.0205. The minimum Gasteiger partial charge on any atom is -0.478 e. The number of pyridine rings is 1. The molecule has 0 aliphatic rings. The Hall–Kier alpha value is -3.04. The number of nitrogens with zero attached hydrogens (tertiary/aromatic N) is 5. The van der Waals surface area contributed by atoms with Gasteiger partial charge in [0, 0.05) is 32.3 Å². The summed E-state index contributed by atoms with van der Waals surface area (Å²) in [5.41, 5.74) is -0.617. The van der Waals surface area contributed by atoms with E-state index in [1.54, 1.807) is 17.9 Å². The Labute approximate surface area is 118 Å². The average Bonchev–Trinajstić information content (AvgIpc) is 2.84. The quantitative estimate of drug-likeness (QED) is 0.579. The van der Waals surface area contributed by atoms with Gasteiger partial charge in [0.2, 0.25) is 5.82 Å². The molecule has 2 rings (SSSR count). The number of nitrogens with one attached hydrogen (secondary N) is 1. The first-order chi connectivity index (χ1) is 9.99. The summed E-state index contributed by atoms with van der Waals surface area (Å²) in [6.45, 7) is 0.354. The molecule has 2 heterocycles. The number of aromatic nitrogens is 4. The van der Waals surface area contributed by atoms with E-state index in [0.717, 1.165) is 12.3 Å². The predicted molar refractivity (Wildman–Crippen MR) is 71.0 cm³/mol. The largest absolute Gasteiger partial charge is 0.478 e. The van der Waals surface area contributed by atoms with Crippen LogP contribution in [0.2, 0.25) is 0 Å². The second-order valence-corrected chi connectivity index (χ2v) is 4.19. The van der Waals surface area contributed by atoms with Gasteiger partial charge >= 0.3 is 11.7 Å². The van der Waals surface area contributed by atoms with E-state index in [4.69, 9.17) is 5.11 Å². The van der Waals surface area contributed by atoms with Crippen molar-refractivity contribution in [2.45, 2.75) is 6.42 Å². The minimum atomic E-state index is -1.27. The summed E-state index contributed by atoms with van der Waals surface area (Å²) in [7, 11) is 1.79. The van der Waals surface area contributed by atoms with Crippen molar-refractivity contribution in [3.63, 3.8) is 0 Å². The standard InChI is InChI=1S/C11H12N6O4/c1-16-6-14-15-9(16)2-3-12-10-8(17(20)21)4-7(5-13-10)11(18)19/h4-6H,2-3H2,1H3,(H,12,13)(H,18,19). The summed E-state index contributed by atoms with van der Waals surface area (Å²) in [4.78, 5) is 24.9. The van der Waals surface area contributed by atoms with Crippen molar-refractivity contribution in [2.24, 2.45) is 7.05 Å². The van der Waals surface area contributed by atoms with Crippen LogP contribution in [0.15, 0.2) is 18.6 Å². The normalized spacial score (nSPS) is 10.3. The number of carboxylic acids is 1. The van der Waals surface area contributed by atoms with Crippen LogP contribution in [0.1, 0.15) is 16.2 Å². The summed E-state index contributed by atoms with van der Waals surface area (Å²) in [6, 6.07) is 0.972. The molecule has 2 aromatic heterocycles. The Kier molecular flexibility index (Phi) is 4.07. The van der Waals surface area contributed by atoms with E-state index in [2.05, 4.69) is 20.5 Å². The van der Waals surface area contributed by atoms with Gasteiger partial charge in [0.25, 0.3) is 0 Å². The van der Waals surface area contributed by atoms with Crippen LogP contribution in [-0.4, -0.2) is 42.3 Å². The van der Waals surface area contributed by atoms with Gasteiger partial charge in [-0.05, 0) is 0 Å². The van der Waals surface area contributed by atoms with Crippen molar-refractivity contribution in [1.82, 2.24) is 19.7 Å². The fourth-order valence-corrected chi connectivity index (χ4v) is 1.67. The molecule has 0 aromatic carbocycles. The van der Waals surface area contributed by atoms with Crippen LogP contribution in [0.3, 0.4) is 0 Å². The van der Waals surface area contributed by atoms with E-state index < -0.39 is 10.9 Å². The fourth-order valence-electron chi connectivity index (χ4n) is 1.67. The monoisotopic (exact) mass is 292 g/mol. The lowest BCUT2D eigenvalue weighted by Gasteiger charge is -2.06. The summed E-state index contributed by atoms with van der Waals surface area (Å²) in [5.74, 6) is -0.532. The highest BCUT2D eigenvalue weighted by molar-refractivity contribution is 5.88. The number of nitro groups is 1. The molecule has 0 fully saturated rings. The maximum Gasteiger partial charge on any atom is 0.337 e. The lowest BCUT2D eigenvalue weighted by Crippen LogP contribution is -2.12. The highest BCUT2D eigenvalue weighted by atomic mass is 16.6. The molecule has 0 unspecified atom stereocenters. The number of rotatable bonds is 6. The van der Waals surface area contributed by atoms with E-state index in [0.29, 0.717) is 18.8 Å². The van der Waals surface area contributed by atoms with E-state index in [1.807, 2.05) is 0 Å². The molecular formula is C11H12N6O4. The number of aryl methyl sites for hydroxylation is 1. The number of carboxylic acid groups (broad SMARTS) is 1. The van der Waals surface area contributed by atoms with Gasteiger partial charge in [-0.15, -0.1) is 10.2 Å². The third-order valence-electron chi connectivity index (χ3n) is 2.76. The Balaban J connectivity index is 2.10. The van der Waals surface area contributed by atoms with Gasteiger partial charge in [0.05, 0.1) is 10.5 Å². The van der Waals surface area contributed by atoms with Crippen LogP contribution >= 0.6 is 0 Å². The first kappa shape index (κ1) is 14.4. The highest BCUT2D eigenvalue weighted by Crippen LogP contribution is 2.22. The molecule has 0 saturated carbocycles. The lowest BCUT2D eigenvalue weighted by molar-refractivity contribution is -0.384. The van der Waals surface area contributed by atoms with Crippen molar-refractivity contribution in [3.8, 4) is 0 Å². The molecule has 0 saturated heterocycles. The molecule has 0 radical (unpaired) electrons. The Morgan fingerprint density at radius 2 is 2.33 bits per heavy atom. The number of hydrogen-bond donors (Lipinski definition) is 2. The third kappa shape index (κ3) is 3.29. The van der Waals surface area contributed by atoms with Gasteiger partial charge in [-0.2, -0.15) is 0 Å². The zero-order valence-electron chi connectivity index (χ0n) is 11.1. The molecule has 0 spiro atoms. The zero-order valence-corrected chi connectivity index (χ0v) is 11.1. The van der Waals surface area contributed by atoms with E-state index in [-0.39, 0.29) is 17.1 Å². The smallest absolute Gasteiger partial charge is 0.337 e. The summed E-state index contributed by atoms with van der Waals surface area (Å²) in [5, 5.41) is 30.2. The molecule has 10 nitrogen and oxygen atoms in total. The first-order valence-corrected chi connectivity index (χ1v) is 5.93. The molecule has 0 aliphatic carbocycles. The van der Waals surface area contributed by atoms with E-state index >= 15 is 0 Å². The highest BCUT2D eigenvalue weighted by Gasteiger charge is 2.18. The van der Waals surface area contributed by atoms with Crippen LogP contribution in [0.5, 0.6) is 0 Å². The molecular weight excluding hydrogens is 280 g/mol. The van der Waals surface area contributed by atoms with Gasteiger partial charge in [-0.3, -0.25) is 10.1 Å². The molecule has 0 aliphatic heterocycles. The second-order valence-electron chi connectivity index (χ2n) is 4.19. The van der Waals surface area contributed by atoms with E-state index in [1.165, 1.54) is 0 Å². The molecule has 2 N–H and O–H groups in total. The molecule has 110 valence electrons. The third-order valence-corrected chi connectivity index (χ3v) is 2.76. The molecule has 0 bridgehead atoms. The van der Waals surface area contributed by atoms with Gasteiger partial charge in [0.1, 0.15) is 12.2 Å². The topological polar surface area (TPSA) is 136 Å². The van der Waals surface area contributed by atoms with Crippen LogP contribution < -0.4 is 5.32 Å². The van der Waals surface area contributed by atoms with Crippen molar-refractivity contribution in [3.05, 3.63) is 40.1 Å². The number of hydrogen-bond acceptors (Lipinski definition) is 7. The SMILES string of the molecule is Cn1cnnc1CCNc1ncc(C(=O)O)cc1[N+](=O)[O-]. The van der Waals surface area contributed by atoms with Crippen LogP contribution in [0, 0.1) is 10.1 Å². The van der Waals surface area contributed by atoms with E-state index in [9.17, 15) is 14.9 Å². The molecule has 0 atom stereocenters. The van der Waals surface area contributed by atoms with Crippen LogP contribution in [-0.2, 0) is 13.5 Å².